The Labute approximate surface area is 210 Å². The van der Waals surface area contributed by atoms with Crippen LogP contribution in [0.5, 0.6) is 0 Å². The van der Waals surface area contributed by atoms with E-state index in [1.165, 1.54) is 12.5 Å². The number of rotatable bonds is 13. The third kappa shape index (κ3) is 7.63. The van der Waals surface area contributed by atoms with Crippen molar-refractivity contribution in [2.75, 3.05) is 6.54 Å². The average Bonchev–Trinajstić information content (AvgIpc) is 3.51. The Kier molecular flexibility index (Phi) is 8.94. The molecule has 14 heteroatoms. The number of para-hydroxylation sites is 1. The molecule has 0 bridgehead atoms. The molecule has 3 aromatic rings. The average molecular weight is 514 g/mol. The molecule has 3 amide bonds. The number of aromatic nitrogens is 3. The Hall–Kier alpha value is -4.72. The fraction of sp³-hybridized carbons (Fsp3) is 0.304. The largest absolute Gasteiger partial charge is 0.481 e. The van der Waals surface area contributed by atoms with Gasteiger partial charge in [0.15, 0.2) is 0 Å². The summed E-state index contributed by atoms with van der Waals surface area (Å²) in [6.07, 6.45) is 3.81. The molecule has 0 spiro atoms. The van der Waals surface area contributed by atoms with E-state index in [4.69, 9.17) is 5.73 Å². The second kappa shape index (κ2) is 12.3. The first-order chi connectivity index (χ1) is 17.6. The van der Waals surface area contributed by atoms with Crippen LogP contribution >= 0.6 is 0 Å². The summed E-state index contributed by atoms with van der Waals surface area (Å²) in [5, 5.41) is 26.4. The number of nitrogens with zero attached hydrogens (tertiary/aromatic N) is 1. The molecule has 3 unspecified atom stereocenters. The van der Waals surface area contributed by atoms with Gasteiger partial charge in [-0.2, -0.15) is 0 Å². The highest BCUT2D eigenvalue weighted by Crippen LogP contribution is 2.19. The minimum atomic E-state index is -1.58. The number of carboxylic acids is 2. The standard InChI is InChI=1S/C23H27N7O7/c24-15(6-13-9-25-11-28-13)21(34)27-10-19(31)29-17(7-20(32)33)22(35)30-18(23(36)37)5-12-8-26-16-4-2-1-3-14(12)16/h1-4,8-9,11,15,17-18,26H,5-7,10,24H2,(H,25,28)(H,27,34)(H,29,31)(H,30,35)(H,32,33)(H,36,37). The maximum Gasteiger partial charge on any atom is 0.326 e. The number of imidazole rings is 1. The fourth-order valence-corrected chi connectivity index (χ4v) is 3.65. The van der Waals surface area contributed by atoms with Crippen molar-refractivity contribution in [3.05, 3.63) is 54.2 Å². The molecule has 196 valence electrons. The van der Waals surface area contributed by atoms with E-state index in [1.807, 2.05) is 12.1 Å². The summed E-state index contributed by atoms with van der Waals surface area (Å²) in [5.74, 6) is -5.22. The van der Waals surface area contributed by atoms with Crippen LogP contribution in [0.15, 0.2) is 43.0 Å². The Bertz CT molecular complexity index is 1270. The van der Waals surface area contributed by atoms with Crippen LogP contribution in [-0.2, 0) is 36.8 Å². The van der Waals surface area contributed by atoms with E-state index >= 15 is 0 Å². The number of nitrogens with two attached hydrogens (primary N) is 1. The normalized spacial score (nSPS) is 13.3. The third-order valence-electron chi connectivity index (χ3n) is 5.50. The monoisotopic (exact) mass is 513 g/mol. The molecule has 37 heavy (non-hydrogen) atoms. The molecule has 9 N–H and O–H groups in total. The number of amides is 3. The molecule has 0 aliphatic carbocycles. The van der Waals surface area contributed by atoms with Gasteiger partial charge in [-0.1, -0.05) is 18.2 Å². The molecule has 3 atom stereocenters. The van der Waals surface area contributed by atoms with Crippen LogP contribution in [0.2, 0.25) is 0 Å². The summed E-state index contributed by atoms with van der Waals surface area (Å²) in [4.78, 5) is 70.0. The van der Waals surface area contributed by atoms with Crippen LogP contribution in [-0.4, -0.2) is 79.5 Å². The van der Waals surface area contributed by atoms with Gasteiger partial charge in [-0.15, -0.1) is 0 Å². The summed E-state index contributed by atoms with van der Waals surface area (Å²) in [5.41, 5.74) is 7.83. The molecule has 0 aliphatic heterocycles. The summed E-state index contributed by atoms with van der Waals surface area (Å²) >= 11 is 0. The SMILES string of the molecule is NC(Cc1cnc[nH]1)C(=O)NCC(=O)NC(CC(=O)O)C(=O)NC(Cc1c[nH]c2ccccc12)C(=O)O. The van der Waals surface area contributed by atoms with Crippen LogP contribution in [0.25, 0.3) is 10.9 Å². The molecule has 2 aromatic heterocycles. The van der Waals surface area contributed by atoms with Gasteiger partial charge in [0.1, 0.15) is 12.1 Å². The number of H-pyrrole nitrogens is 2. The lowest BCUT2D eigenvalue weighted by Crippen LogP contribution is -2.54. The predicted octanol–water partition coefficient (Wildman–Crippen LogP) is -1.35. The third-order valence-corrected chi connectivity index (χ3v) is 5.50. The van der Waals surface area contributed by atoms with Gasteiger partial charge in [-0.3, -0.25) is 19.2 Å². The minimum Gasteiger partial charge on any atom is -0.481 e. The smallest absolute Gasteiger partial charge is 0.326 e. The van der Waals surface area contributed by atoms with Gasteiger partial charge in [0.2, 0.25) is 17.7 Å². The Morgan fingerprint density at radius 1 is 0.973 bits per heavy atom. The number of hydrogen-bond acceptors (Lipinski definition) is 7. The quantitative estimate of drug-likeness (QED) is 0.135. The van der Waals surface area contributed by atoms with Crippen molar-refractivity contribution in [2.45, 2.75) is 37.4 Å². The molecule has 1 aromatic carbocycles. The number of carboxylic acid groups (broad SMARTS) is 2. The number of carbonyl (C=O) groups is 5. The first-order valence-electron chi connectivity index (χ1n) is 11.2. The lowest BCUT2D eigenvalue weighted by molar-refractivity contribution is -0.143. The van der Waals surface area contributed by atoms with Crippen molar-refractivity contribution in [3.63, 3.8) is 0 Å². The van der Waals surface area contributed by atoms with Crippen molar-refractivity contribution < 1.29 is 34.2 Å². The van der Waals surface area contributed by atoms with Crippen LogP contribution in [0.3, 0.4) is 0 Å². The topological polar surface area (TPSA) is 232 Å². The van der Waals surface area contributed by atoms with Gasteiger partial charge in [0.25, 0.3) is 0 Å². The van der Waals surface area contributed by atoms with Gasteiger partial charge < -0.3 is 41.9 Å². The van der Waals surface area contributed by atoms with Gasteiger partial charge in [-0.25, -0.2) is 9.78 Å². The zero-order chi connectivity index (χ0) is 26.9. The highest BCUT2D eigenvalue weighted by atomic mass is 16.4. The number of fused-ring (bicyclic) bond motifs is 1. The van der Waals surface area contributed by atoms with Crippen LogP contribution in [0.1, 0.15) is 17.7 Å². The fourth-order valence-electron chi connectivity index (χ4n) is 3.65. The number of benzene rings is 1. The Morgan fingerprint density at radius 3 is 2.41 bits per heavy atom. The van der Waals surface area contributed by atoms with Crippen molar-refractivity contribution >= 4 is 40.6 Å². The van der Waals surface area contributed by atoms with E-state index in [-0.39, 0.29) is 12.8 Å². The number of aliphatic carboxylic acids is 2. The van der Waals surface area contributed by atoms with E-state index in [1.54, 1.807) is 18.3 Å². The zero-order valence-corrected chi connectivity index (χ0v) is 19.6. The molecule has 14 nitrogen and oxygen atoms in total. The molecule has 0 saturated heterocycles. The van der Waals surface area contributed by atoms with E-state index in [9.17, 15) is 34.2 Å². The van der Waals surface area contributed by atoms with Crippen LogP contribution in [0, 0.1) is 0 Å². The number of carbonyl (C=O) groups excluding carboxylic acids is 3. The predicted molar refractivity (Wildman–Crippen MR) is 129 cm³/mol. The molecule has 0 aliphatic rings. The lowest BCUT2D eigenvalue weighted by atomic mass is 10.0. The zero-order valence-electron chi connectivity index (χ0n) is 19.6. The van der Waals surface area contributed by atoms with Gasteiger partial charge in [0, 0.05) is 41.8 Å². The van der Waals surface area contributed by atoms with Crippen molar-refractivity contribution in [1.29, 1.82) is 0 Å². The number of aromatic amines is 2. The molecular weight excluding hydrogens is 486 g/mol. The van der Waals surface area contributed by atoms with Crippen LogP contribution in [0.4, 0.5) is 0 Å². The minimum absolute atomic E-state index is 0.0803. The summed E-state index contributed by atoms with van der Waals surface area (Å²) in [6, 6.07) is 3.26. The summed E-state index contributed by atoms with van der Waals surface area (Å²) in [7, 11) is 0. The van der Waals surface area contributed by atoms with Crippen molar-refractivity contribution in [3.8, 4) is 0 Å². The molecular formula is C23H27N7O7. The second-order valence-corrected chi connectivity index (χ2v) is 8.29. The molecule has 0 saturated carbocycles. The van der Waals surface area contributed by atoms with Gasteiger partial charge in [-0.05, 0) is 11.6 Å². The maximum atomic E-state index is 12.8. The summed E-state index contributed by atoms with van der Waals surface area (Å²) < 4.78 is 0. The summed E-state index contributed by atoms with van der Waals surface area (Å²) in [6.45, 7) is -0.573. The Morgan fingerprint density at radius 2 is 1.73 bits per heavy atom. The van der Waals surface area contributed by atoms with E-state index in [0.29, 0.717) is 11.3 Å². The molecule has 3 rings (SSSR count). The number of hydrogen-bond donors (Lipinski definition) is 8. The molecule has 0 radical (unpaired) electrons. The van der Waals surface area contributed by atoms with Crippen LogP contribution < -0.4 is 21.7 Å². The molecule has 2 heterocycles. The van der Waals surface area contributed by atoms with E-state index in [2.05, 4.69) is 30.9 Å². The highest BCUT2D eigenvalue weighted by Gasteiger charge is 2.29. The number of nitrogens with one attached hydrogen (secondary N) is 5. The van der Waals surface area contributed by atoms with Gasteiger partial charge in [0.05, 0.1) is 25.3 Å². The highest BCUT2D eigenvalue weighted by molar-refractivity contribution is 5.94. The lowest BCUT2D eigenvalue weighted by Gasteiger charge is -2.20. The molecule has 0 fully saturated rings. The first-order valence-corrected chi connectivity index (χ1v) is 11.2. The van der Waals surface area contributed by atoms with E-state index in [0.717, 1.165) is 10.9 Å². The van der Waals surface area contributed by atoms with Crippen molar-refractivity contribution in [2.24, 2.45) is 5.73 Å². The Balaban J connectivity index is 1.58. The van der Waals surface area contributed by atoms with Gasteiger partial charge >= 0.3 is 11.9 Å². The second-order valence-electron chi connectivity index (χ2n) is 8.29. The first kappa shape index (κ1) is 26.9. The van der Waals surface area contributed by atoms with E-state index < -0.39 is 60.8 Å². The maximum absolute atomic E-state index is 12.8. The van der Waals surface area contributed by atoms with Crippen molar-refractivity contribution in [1.82, 2.24) is 30.9 Å².